The number of carbonyl (C=O) groups is 1. The summed E-state index contributed by atoms with van der Waals surface area (Å²) in [4.78, 5) is 10.9. The normalized spacial score (nSPS) is 22.1. The Morgan fingerprint density at radius 2 is 2.14 bits per heavy atom. The molecule has 1 fully saturated rings. The van der Waals surface area contributed by atoms with Crippen molar-refractivity contribution < 1.29 is 9.53 Å². The van der Waals surface area contributed by atoms with Gasteiger partial charge in [0, 0.05) is 12.0 Å². The van der Waals surface area contributed by atoms with Crippen molar-refractivity contribution in [1.82, 2.24) is 0 Å². The van der Waals surface area contributed by atoms with Crippen molar-refractivity contribution in [2.24, 2.45) is 0 Å². The fraction of sp³-hybridized carbons (Fsp3) is 0.250. The van der Waals surface area contributed by atoms with Gasteiger partial charge in [-0.15, -0.1) is 0 Å². The summed E-state index contributed by atoms with van der Waals surface area (Å²) in [5.74, 6) is 0.189. The first-order valence-corrected chi connectivity index (χ1v) is 4.64. The van der Waals surface area contributed by atoms with E-state index >= 15 is 0 Å². The lowest BCUT2D eigenvalue weighted by atomic mass is 10.1. The first-order valence-electron chi connectivity index (χ1n) is 4.64. The molecule has 1 aromatic carbocycles. The van der Waals surface area contributed by atoms with E-state index < -0.39 is 0 Å². The molecule has 2 rings (SSSR count). The van der Waals surface area contributed by atoms with Crippen LogP contribution in [0.3, 0.4) is 0 Å². The van der Waals surface area contributed by atoms with E-state index in [1.807, 2.05) is 18.2 Å². The van der Waals surface area contributed by atoms with Crippen molar-refractivity contribution in [2.45, 2.75) is 12.3 Å². The summed E-state index contributed by atoms with van der Waals surface area (Å²) in [6.07, 6.45) is 2.58. The molecular weight excluding hydrogens is 176 g/mol. The van der Waals surface area contributed by atoms with Crippen LogP contribution < -0.4 is 0 Å². The molecule has 1 atom stereocenters. The average Bonchev–Trinajstić information content (AvgIpc) is 2.98. The molecule has 0 N–H and O–H groups in total. The Kier molecular flexibility index (Phi) is 2.35. The molecule has 72 valence electrons. The molecule has 2 heteroatoms. The van der Waals surface area contributed by atoms with Gasteiger partial charge in [-0.1, -0.05) is 35.9 Å². The third-order valence-corrected chi connectivity index (χ3v) is 2.43. The minimum Gasteiger partial charge on any atom is -0.466 e. The number of benzene rings is 1. The largest absolute Gasteiger partial charge is 0.466 e. The van der Waals surface area contributed by atoms with Gasteiger partial charge in [-0.3, -0.25) is 0 Å². The van der Waals surface area contributed by atoms with Crippen LogP contribution in [0.2, 0.25) is 0 Å². The van der Waals surface area contributed by atoms with Crippen molar-refractivity contribution in [2.75, 3.05) is 7.11 Å². The Bertz CT molecular complexity index is 365. The monoisotopic (exact) mass is 188 g/mol. The van der Waals surface area contributed by atoms with Crippen molar-refractivity contribution in [3.63, 3.8) is 0 Å². The van der Waals surface area contributed by atoms with E-state index in [4.69, 9.17) is 0 Å². The van der Waals surface area contributed by atoms with Crippen LogP contribution in [0.25, 0.3) is 0 Å². The molecular formula is C12H12O2. The highest BCUT2D eigenvalue weighted by Gasteiger charge is 2.31. The Morgan fingerprint density at radius 3 is 2.79 bits per heavy atom. The molecule has 0 amide bonds. The van der Waals surface area contributed by atoms with Gasteiger partial charge in [-0.25, -0.2) is 4.79 Å². The van der Waals surface area contributed by atoms with Gasteiger partial charge in [0.15, 0.2) is 0 Å². The highest BCUT2D eigenvalue weighted by atomic mass is 16.5. The lowest BCUT2D eigenvalue weighted by Gasteiger charge is -1.94. The Hall–Kier alpha value is -1.57. The molecule has 1 aromatic rings. The molecule has 0 saturated heterocycles. The Balaban J connectivity index is 2.07. The number of ether oxygens (including phenoxy) is 1. The molecule has 0 radical (unpaired) electrons. The summed E-state index contributed by atoms with van der Waals surface area (Å²) in [6.45, 7) is 0. The standard InChI is InChI=1S/C12H12O2/c1-14-12(13)8-10-7-11(10)9-5-3-2-4-6-9/h2-6,8,11H,7H2,1H3. The van der Waals surface area contributed by atoms with Crippen molar-refractivity contribution in [3.05, 3.63) is 47.5 Å². The van der Waals surface area contributed by atoms with Crippen LogP contribution in [0.5, 0.6) is 0 Å². The molecule has 0 heterocycles. The zero-order valence-corrected chi connectivity index (χ0v) is 8.07. The molecule has 1 aliphatic carbocycles. The molecule has 2 nitrogen and oxygen atoms in total. The van der Waals surface area contributed by atoms with Crippen LogP contribution in [-0.2, 0) is 9.53 Å². The maximum atomic E-state index is 10.9. The number of hydrogen-bond acceptors (Lipinski definition) is 2. The predicted molar refractivity (Wildman–Crippen MR) is 53.9 cm³/mol. The highest BCUT2D eigenvalue weighted by Crippen LogP contribution is 2.46. The summed E-state index contributed by atoms with van der Waals surface area (Å²) in [7, 11) is 1.40. The molecule has 1 saturated carbocycles. The number of rotatable bonds is 2. The summed E-state index contributed by atoms with van der Waals surface area (Å²) in [5.41, 5.74) is 2.45. The highest BCUT2D eigenvalue weighted by molar-refractivity contribution is 5.84. The summed E-state index contributed by atoms with van der Waals surface area (Å²) in [6, 6.07) is 10.2. The first kappa shape index (κ1) is 9.00. The predicted octanol–water partition coefficient (Wildman–Crippen LogP) is 2.27. The minimum absolute atomic E-state index is 0.251. The molecule has 14 heavy (non-hydrogen) atoms. The van der Waals surface area contributed by atoms with E-state index in [0.29, 0.717) is 5.92 Å². The lowest BCUT2D eigenvalue weighted by Crippen LogP contribution is -1.93. The molecule has 0 spiro atoms. The summed E-state index contributed by atoms with van der Waals surface area (Å²) >= 11 is 0. The second-order valence-corrected chi connectivity index (χ2v) is 3.41. The second-order valence-electron chi connectivity index (χ2n) is 3.41. The second kappa shape index (κ2) is 3.66. The van der Waals surface area contributed by atoms with E-state index in [9.17, 15) is 4.79 Å². The van der Waals surface area contributed by atoms with Gasteiger partial charge in [0.25, 0.3) is 0 Å². The molecule has 1 aliphatic rings. The van der Waals surface area contributed by atoms with E-state index in [1.54, 1.807) is 6.08 Å². The number of hydrogen-bond donors (Lipinski definition) is 0. The first-order chi connectivity index (χ1) is 6.81. The maximum absolute atomic E-state index is 10.9. The fourth-order valence-corrected chi connectivity index (χ4v) is 1.56. The number of esters is 1. The van der Waals surface area contributed by atoms with Crippen LogP contribution >= 0.6 is 0 Å². The van der Waals surface area contributed by atoms with E-state index in [-0.39, 0.29) is 5.97 Å². The number of carbonyl (C=O) groups excluding carboxylic acids is 1. The van der Waals surface area contributed by atoms with E-state index in [1.165, 1.54) is 18.2 Å². The molecule has 1 unspecified atom stereocenters. The van der Waals surface area contributed by atoms with Gasteiger partial charge < -0.3 is 4.74 Å². The Labute approximate surface area is 83.2 Å². The van der Waals surface area contributed by atoms with Crippen LogP contribution in [0, 0.1) is 0 Å². The van der Waals surface area contributed by atoms with E-state index in [0.717, 1.165) is 6.42 Å². The zero-order valence-electron chi connectivity index (χ0n) is 8.07. The van der Waals surface area contributed by atoms with Crippen LogP contribution in [-0.4, -0.2) is 13.1 Å². The van der Waals surface area contributed by atoms with Crippen molar-refractivity contribution in [3.8, 4) is 0 Å². The lowest BCUT2D eigenvalue weighted by molar-refractivity contribution is -0.134. The maximum Gasteiger partial charge on any atom is 0.330 e. The molecule has 0 aromatic heterocycles. The van der Waals surface area contributed by atoms with E-state index in [2.05, 4.69) is 16.9 Å². The zero-order chi connectivity index (χ0) is 9.97. The summed E-state index contributed by atoms with van der Waals surface area (Å²) in [5, 5.41) is 0. The Morgan fingerprint density at radius 1 is 1.43 bits per heavy atom. The average molecular weight is 188 g/mol. The number of methoxy groups -OCH3 is 1. The fourth-order valence-electron chi connectivity index (χ4n) is 1.56. The smallest absolute Gasteiger partial charge is 0.330 e. The third kappa shape index (κ3) is 1.84. The molecule has 0 bridgehead atoms. The van der Waals surface area contributed by atoms with Gasteiger partial charge in [0.2, 0.25) is 0 Å². The quantitative estimate of drug-likeness (QED) is 0.525. The van der Waals surface area contributed by atoms with Crippen molar-refractivity contribution >= 4 is 5.97 Å². The topological polar surface area (TPSA) is 26.3 Å². The van der Waals surface area contributed by atoms with Crippen LogP contribution in [0.15, 0.2) is 42.0 Å². The van der Waals surface area contributed by atoms with Crippen LogP contribution in [0.4, 0.5) is 0 Å². The minimum atomic E-state index is -0.251. The van der Waals surface area contributed by atoms with Crippen LogP contribution in [0.1, 0.15) is 17.9 Å². The third-order valence-electron chi connectivity index (χ3n) is 2.43. The molecule has 0 aliphatic heterocycles. The van der Waals surface area contributed by atoms with Gasteiger partial charge in [-0.05, 0) is 12.0 Å². The SMILES string of the molecule is COC(=O)C=C1CC1c1ccccc1. The number of allylic oxidation sites excluding steroid dienone is 1. The van der Waals surface area contributed by atoms with Gasteiger partial charge in [-0.2, -0.15) is 0 Å². The van der Waals surface area contributed by atoms with Gasteiger partial charge in [0.1, 0.15) is 0 Å². The van der Waals surface area contributed by atoms with Gasteiger partial charge in [0.05, 0.1) is 7.11 Å². The van der Waals surface area contributed by atoms with Gasteiger partial charge >= 0.3 is 5.97 Å². The van der Waals surface area contributed by atoms with Crippen molar-refractivity contribution in [1.29, 1.82) is 0 Å². The summed E-state index contributed by atoms with van der Waals surface area (Å²) < 4.78 is 4.57.